The molecule has 1 N–H and O–H groups in total. The van der Waals surface area contributed by atoms with Gasteiger partial charge in [0.25, 0.3) is 5.91 Å². The average Bonchev–Trinajstić information content (AvgIpc) is 3.30. The molecule has 1 atom stereocenters. The fourth-order valence-electron chi connectivity index (χ4n) is 4.23. The quantitative estimate of drug-likeness (QED) is 0.934. The molecular weight excluding hydrogens is 302 g/mol. The summed E-state index contributed by atoms with van der Waals surface area (Å²) in [5, 5.41) is 11.0. The first-order chi connectivity index (χ1) is 11.8. The lowest BCUT2D eigenvalue weighted by Crippen LogP contribution is -2.44. The third-order valence-corrected chi connectivity index (χ3v) is 5.51. The second-order valence-electron chi connectivity index (χ2n) is 7.14. The molecule has 0 bridgehead atoms. The molecule has 1 saturated heterocycles. The molecule has 2 fully saturated rings. The molecular formula is C18H25N5O. The van der Waals surface area contributed by atoms with Crippen LogP contribution in [0.5, 0.6) is 0 Å². The molecule has 3 heterocycles. The first-order valence-electron chi connectivity index (χ1n) is 9.12. The number of hydrogen-bond acceptors (Lipinski definition) is 4. The molecule has 0 aromatic carbocycles. The Bertz CT molecular complexity index is 706. The summed E-state index contributed by atoms with van der Waals surface area (Å²) < 4.78 is 1.78. The van der Waals surface area contributed by atoms with Crippen molar-refractivity contribution in [3.8, 4) is 0 Å². The topological polar surface area (TPSA) is 62.5 Å². The minimum atomic E-state index is -0.0495. The van der Waals surface area contributed by atoms with Crippen LogP contribution in [0, 0.1) is 5.92 Å². The Morgan fingerprint density at radius 3 is 3.00 bits per heavy atom. The summed E-state index contributed by atoms with van der Waals surface area (Å²) in [6, 6.07) is 4.45. The highest BCUT2D eigenvalue weighted by molar-refractivity contribution is 5.99. The molecule has 6 nitrogen and oxygen atoms in total. The maximum atomic E-state index is 12.5. The van der Waals surface area contributed by atoms with Gasteiger partial charge < -0.3 is 10.2 Å². The zero-order chi connectivity index (χ0) is 16.4. The van der Waals surface area contributed by atoms with E-state index in [4.69, 9.17) is 0 Å². The maximum absolute atomic E-state index is 12.5. The van der Waals surface area contributed by atoms with Gasteiger partial charge in [-0.3, -0.25) is 9.20 Å². The standard InChI is InChI=1S/C18H25N5O/c24-18(16-8-4-10-23-13-20-21-17(16)23)19-11-14-5-3-9-22(12-14)15-6-1-2-7-15/h4,8,10,13-15H,1-3,5-7,9,11-12H2,(H,19,24)/t14-/m0/s1. The van der Waals surface area contributed by atoms with E-state index in [1.165, 1.54) is 45.1 Å². The van der Waals surface area contributed by atoms with Crippen LogP contribution in [0.1, 0.15) is 48.9 Å². The van der Waals surface area contributed by atoms with E-state index in [-0.39, 0.29) is 5.91 Å². The number of likely N-dealkylation sites (tertiary alicyclic amines) is 1. The zero-order valence-corrected chi connectivity index (χ0v) is 14.0. The number of nitrogens with zero attached hydrogens (tertiary/aromatic N) is 4. The highest BCUT2D eigenvalue weighted by Crippen LogP contribution is 2.27. The molecule has 2 aromatic heterocycles. The number of aromatic nitrogens is 3. The van der Waals surface area contributed by atoms with Crippen LogP contribution in [-0.4, -0.2) is 51.1 Å². The third-order valence-electron chi connectivity index (χ3n) is 5.51. The summed E-state index contributed by atoms with van der Waals surface area (Å²) in [5.41, 5.74) is 1.21. The first kappa shape index (κ1) is 15.6. The third kappa shape index (κ3) is 3.15. The molecule has 4 rings (SSSR count). The van der Waals surface area contributed by atoms with Crippen LogP contribution in [0.25, 0.3) is 5.65 Å². The SMILES string of the molecule is O=C(NC[C@@H]1CCCN(C2CCCC2)C1)c1cccn2cnnc12. The lowest BCUT2D eigenvalue weighted by Gasteiger charge is -2.36. The smallest absolute Gasteiger partial charge is 0.255 e. The number of hydrogen-bond donors (Lipinski definition) is 1. The molecule has 1 saturated carbocycles. The van der Waals surface area contributed by atoms with Gasteiger partial charge in [-0.1, -0.05) is 12.8 Å². The van der Waals surface area contributed by atoms with Gasteiger partial charge >= 0.3 is 0 Å². The number of pyridine rings is 1. The fraction of sp³-hybridized carbons (Fsp3) is 0.611. The average molecular weight is 327 g/mol. The Morgan fingerprint density at radius 1 is 1.25 bits per heavy atom. The molecule has 0 radical (unpaired) electrons. The lowest BCUT2D eigenvalue weighted by molar-refractivity contribution is 0.0914. The molecule has 1 aliphatic carbocycles. The van der Waals surface area contributed by atoms with E-state index in [1.807, 2.05) is 18.3 Å². The molecule has 0 spiro atoms. The van der Waals surface area contributed by atoms with Crippen LogP contribution in [0.3, 0.4) is 0 Å². The molecule has 1 aliphatic heterocycles. The van der Waals surface area contributed by atoms with E-state index in [9.17, 15) is 4.79 Å². The van der Waals surface area contributed by atoms with E-state index in [0.29, 0.717) is 17.1 Å². The van der Waals surface area contributed by atoms with Gasteiger partial charge in [0, 0.05) is 25.3 Å². The summed E-state index contributed by atoms with van der Waals surface area (Å²) >= 11 is 0. The predicted octanol–water partition coefficient (Wildman–Crippen LogP) is 2.11. The summed E-state index contributed by atoms with van der Waals surface area (Å²) in [5.74, 6) is 0.507. The molecule has 6 heteroatoms. The van der Waals surface area contributed by atoms with Gasteiger partial charge in [-0.15, -0.1) is 10.2 Å². The van der Waals surface area contributed by atoms with Crippen molar-refractivity contribution in [1.29, 1.82) is 0 Å². The van der Waals surface area contributed by atoms with Crippen molar-refractivity contribution in [2.45, 2.75) is 44.6 Å². The number of piperidine rings is 1. The Hall–Kier alpha value is -1.95. The molecule has 2 aromatic rings. The van der Waals surface area contributed by atoms with Crippen LogP contribution >= 0.6 is 0 Å². The van der Waals surface area contributed by atoms with Gasteiger partial charge in [0.1, 0.15) is 6.33 Å². The molecule has 128 valence electrons. The Kier molecular flexibility index (Phi) is 4.47. The molecule has 24 heavy (non-hydrogen) atoms. The van der Waals surface area contributed by atoms with Crippen molar-refractivity contribution in [1.82, 2.24) is 24.8 Å². The van der Waals surface area contributed by atoms with E-state index in [0.717, 1.165) is 19.1 Å². The van der Waals surface area contributed by atoms with Gasteiger partial charge in [0.2, 0.25) is 0 Å². The van der Waals surface area contributed by atoms with Crippen LogP contribution in [0.4, 0.5) is 0 Å². The number of amides is 1. The van der Waals surface area contributed by atoms with Crippen molar-refractivity contribution in [2.24, 2.45) is 5.92 Å². The van der Waals surface area contributed by atoms with Crippen molar-refractivity contribution in [3.63, 3.8) is 0 Å². The fourth-order valence-corrected chi connectivity index (χ4v) is 4.23. The summed E-state index contributed by atoms with van der Waals surface area (Å²) in [6.45, 7) is 3.10. The maximum Gasteiger partial charge on any atom is 0.255 e. The van der Waals surface area contributed by atoms with Gasteiger partial charge in [-0.05, 0) is 50.3 Å². The van der Waals surface area contributed by atoms with Crippen molar-refractivity contribution in [3.05, 3.63) is 30.2 Å². The largest absolute Gasteiger partial charge is 0.352 e. The van der Waals surface area contributed by atoms with E-state index in [1.54, 1.807) is 10.7 Å². The van der Waals surface area contributed by atoms with Gasteiger partial charge in [-0.2, -0.15) is 0 Å². The normalized spacial score (nSPS) is 22.9. The van der Waals surface area contributed by atoms with Crippen LogP contribution in [-0.2, 0) is 0 Å². The highest BCUT2D eigenvalue weighted by atomic mass is 16.1. The number of nitrogens with one attached hydrogen (secondary N) is 1. The second-order valence-corrected chi connectivity index (χ2v) is 7.14. The van der Waals surface area contributed by atoms with E-state index >= 15 is 0 Å². The van der Waals surface area contributed by atoms with Crippen molar-refractivity contribution >= 4 is 11.6 Å². The summed E-state index contributed by atoms with van der Waals surface area (Å²) in [7, 11) is 0. The minimum Gasteiger partial charge on any atom is -0.352 e. The lowest BCUT2D eigenvalue weighted by atomic mass is 9.96. The van der Waals surface area contributed by atoms with Crippen molar-refractivity contribution in [2.75, 3.05) is 19.6 Å². The number of carbonyl (C=O) groups excluding carboxylic acids is 1. The Balaban J connectivity index is 1.36. The van der Waals surface area contributed by atoms with E-state index in [2.05, 4.69) is 20.4 Å². The van der Waals surface area contributed by atoms with Gasteiger partial charge in [0.15, 0.2) is 5.65 Å². The molecule has 0 unspecified atom stereocenters. The van der Waals surface area contributed by atoms with Gasteiger partial charge in [-0.25, -0.2) is 0 Å². The Morgan fingerprint density at radius 2 is 2.12 bits per heavy atom. The number of carbonyl (C=O) groups is 1. The van der Waals surface area contributed by atoms with Gasteiger partial charge in [0.05, 0.1) is 5.56 Å². The van der Waals surface area contributed by atoms with Crippen LogP contribution in [0.15, 0.2) is 24.7 Å². The minimum absolute atomic E-state index is 0.0495. The first-order valence-corrected chi connectivity index (χ1v) is 9.12. The van der Waals surface area contributed by atoms with Crippen LogP contribution in [0.2, 0.25) is 0 Å². The van der Waals surface area contributed by atoms with E-state index < -0.39 is 0 Å². The monoisotopic (exact) mass is 327 g/mol. The zero-order valence-electron chi connectivity index (χ0n) is 14.0. The molecule has 2 aliphatic rings. The second kappa shape index (κ2) is 6.89. The Labute approximate surface area is 142 Å². The number of rotatable bonds is 4. The molecule has 1 amide bonds. The van der Waals surface area contributed by atoms with Crippen LogP contribution < -0.4 is 5.32 Å². The van der Waals surface area contributed by atoms with Crippen molar-refractivity contribution < 1.29 is 4.79 Å². The number of fused-ring (bicyclic) bond motifs is 1. The highest BCUT2D eigenvalue weighted by Gasteiger charge is 2.28. The summed E-state index contributed by atoms with van der Waals surface area (Å²) in [6.07, 6.45) is 11.4. The predicted molar refractivity (Wildman–Crippen MR) is 91.9 cm³/mol. The summed E-state index contributed by atoms with van der Waals surface area (Å²) in [4.78, 5) is 15.2.